The Balaban J connectivity index is 1.38. The Morgan fingerprint density at radius 2 is 1.76 bits per heavy atom. The zero-order valence-electron chi connectivity index (χ0n) is 16.1. The highest BCUT2D eigenvalue weighted by Crippen LogP contribution is 2.11. The average molecular weight is 387 g/mol. The summed E-state index contributed by atoms with van der Waals surface area (Å²) < 4.78 is 3.22. The highest BCUT2D eigenvalue weighted by Gasteiger charge is 2.10. The minimum Gasteiger partial charge on any atom is -0.350 e. The molecule has 146 valence electrons. The van der Waals surface area contributed by atoms with E-state index >= 15 is 0 Å². The second kappa shape index (κ2) is 8.10. The van der Waals surface area contributed by atoms with Gasteiger partial charge in [0.1, 0.15) is 6.54 Å². The van der Waals surface area contributed by atoms with Crippen molar-refractivity contribution in [1.29, 1.82) is 0 Å². The van der Waals surface area contributed by atoms with E-state index in [-0.39, 0.29) is 18.0 Å². The molecule has 0 atom stereocenters. The van der Waals surface area contributed by atoms with Crippen molar-refractivity contribution in [2.24, 2.45) is 0 Å². The number of aromatic nitrogens is 4. The number of fused-ring (bicyclic) bond motifs is 1. The van der Waals surface area contributed by atoms with Gasteiger partial charge in [-0.15, -0.1) is 0 Å². The molecule has 0 fully saturated rings. The molecule has 0 aliphatic carbocycles. The van der Waals surface area contributed by atoms with Crippen molar-refractivity contribution >= 4 is 16.7 Å². The summed E-state index contributed by atoms with van der Waals surface area (Å²) in [7, 11) is 0. The largest absolute Gasteiger partial charge is 0.350 e. The van der Waals surface area contributed by atoms with Gasteiger partial charge in [-0.05, 0) is 24.1 Å². The fraction of sp³-hybridized carbons (Fsp3) is 0.182. The maximum atomic E-state index is 12.6. The van der Waals surface area contributed by atoms with Crippen LogP contribution in [0, 0.1) is 6.92 Å². The molecular weight excluding hydrogens is 366 g/mol. The standard InChI is InChI=1S/C22H21N5O2/c1-16-19-4-2-3-5-20(19)22(29)27(25-16)14-21(28)24-12-17-6-8-18(9-7-17)13-26-11-10-23-15-26/h2-11,15H,12-14H2,1H3,(H,24,28). The van der Waals surface area contributed by atoms with Crippen molar-refractivity contribution in [2.75, 3.05) is 0 Å². The molecule has 2 aromatic heterocycles. The molecule has 0 unspecified atom stereocenters. The third kappa shape index (κ3) is 4.24. The molecule has 0 aliphatic heterocycles. The molecule has 4 aromatic rings. The molecular formula is C22H21N5O2. The van der Waals surface area contributed by atoms with Gasteiger partial charge in [-0.2, -0.15) is 5.10 Å². The van der Waals surface area contributed by atoms with Gasteiger partial charge < -0.3 is 9.88 Å². The van der Waals surface area contributed by atoms with E-state index in [4.69, 9.17) is 0 Å². The number of amides is 1. The predicted molar refractivity (Wildman–Crippen MR) is 110 cm³/mol. The number of aryl methyl sites for hydroxylation is 1. The Morgan fingerprint density at radius 3 is 2.48 bits per heavy atom. The van der Waals surface area contributed by atoms with Crippen molar-refractivity contribution in [3.63, 3.8) is 0 Å². The zero-order valence-corrected chi connectivity index (χ0v) is 16.1. The smallest absolute Gasteiger partial charge is 0.275 e. The normalized spacial score (nSPS) is 10.9. The first-order chi connectivity index (χ1) is 14.1. The number of rotatable bonds is 6. The predicted octanol–water partition coefficient (Wildman–Crippen LogP) is 2.27. The summed E-state index contributed by atoms with van der Waals surface area (Å²) in [6.45, 7) is 2.87. The molecule has 2 heterocycles. The summed E-state index contributed by atoms with van der Waals surface area (Å²) in [5.74, 6) is -0.253. The van der Waals surface area contributed by atoms with Gasteiger partial charge >= 0.3 is 0 Å². The Labute approximate surface area is 167 Å². The molecule has 4 rings (SSSR count). The quantitative estimate of drug-likeness (QED) is 0.550. The van der Waals surface area contributed by atoms with Gasteiger partial charge in [-0.1, -0.05) is 42.5 Å². The summed E-state index contributed by atoms with van der Waals surface area (Å²) in [4.78, 5) is 28.9. The van der Waals surface area contributed by atoms with Crippen LogP contribution in [0.5, 0.6) is 0 Å². The average Bonchev–Trinajstić information content (AvgIpc) is 3.24. The monoisotopic (exact) mass is 387 g/mol. The van der Waals surface area contributed by atoms with Gasteiger partial charge in [0.15, 0.2) is 0 Å². The number of hydrogen-bond donors (Lipinski definition) is 1. The molecule has 0 bridgehead atoms. The fourth-order valence-corrected chi connectivity index (χ4v) is 3.26. The molecule has 2 aromatic carbocycles. The van der Waals surface area contributed by atoms with E-state index in [2.05, 4.69) is 15.4 Å². The lowest BCUT2D eigenvalue weighted by Gasteiger charge is -2.10. The van der Waals surface area contributed by atoms with E-state index < -0.39 is 0 Å². The van der Waals surface area contributed by atoms with Crippen LogP contribution < -0.4 is 10.9 Å². The van der Waals surface area contributed by atoms with Crippen molar-refractivity contribution < 1.29 is 4.79 Å². The van der Waals surface area contributed by atoms with Gasteiger partial charge in [0.25, 0.3) is 5.56 Å². The SMILES string of the molecule is Cc1nn(CC(=O)NCc2ccc(Cn3ccnc3)cc2)c(=O)c2ccccc12. The van der Waals surface area contributed by atoms with Gasteiger partial charge in [0.2, 0.25) is 5.91 Å². The second-order valence-corrected chi connectivity index (χ2v) is 6.92. The minimum atomic E-state index is -0.259. The first-order valence-corrected chi connectivity index (χ1v) is 9.37. The second-order valence-electron chi connectivity index (χ2n) is 6.92. The van der Waals surface area contributed by atoms with Gasteiger partial charge in [-0.25, -0.2) is 9.67 Å². The molecule has 7 nitrogen and oxygen atoms in total. The Hall–Kier alpha value is -3.74. The van der Waals surface area contributed by atoms with E-state index in [0.717, 1.165) is 28.8 Å². The third-order valence-corrected chi connectivity index (χ3v) is 4.78. The van der Waals surface area contributed by atoms with Crippen LogP contribution >= 0.6 is 0 Å². The van der Waals surface area contributed by atoms with Gasteiger partial charge in [0.05, 0.1) is 17.4 Å². The van der Waals surface area contributed by atoms with Crippen LogP contribution in [0.2, 0.25) is 0 Å². The number of benzene rings is 2. The fourth-order valence-electron chi connectivity index (χ4n) is 3.26. The lowest BCUT2D eigenvalue weighted by Crippen LogP contribution is -2.33. The molecule has 0 radical (unpaired) electrons. The number of imidazole rings is 1. The maximum absolute atomic E-state index is 12.6. The Morgan fingerprint density at radius 1 is 1.03 bits per heavy atom. The summed E-state index contributed by atoms with van der Waals surface area (Å²) in [5.41, 5.74) is 2.61. The van der Waals surface area contributed by atoms with Gasteiger partial charge in [-0.3, -0.25) is 9.59 Å². The minimum absolute atomic E-state index is 0.108. The molecule has 29 heavy (non-hydrogen) atoms. The molecule has 0 saturated carbocycles. The number of nitrogens with one attached hydrogen (secondary N) is 1. The summed E-state index contributed by atoms with van der Waals surface area (Å²) in [5, 5.41) is 8.51. The van der Waals surface area contributed by atoms with Gasteiger partial charge in [0, 0.05) is 30.9 Å². The number of carbonyl (C=O) groups excluding carboxylic acids is 1. The van der Waals surface area contributed by atoms with Crippen molar-refractivity contribution in [3.05, 3.63) is 94.4 Å². The summed E-state index contributed by atoms with van der Waals surface area (Å²) >= 11 is 0. The third-order valence-electron chi connectivity index (χ3n) is 4.78. The van der Waals surface area contributed by atoms with Crippen molar-refractivity contribution in [3.8, 4) is 0 Å². The van der Waals surface area contributed by atoms with Crippen LogP contribution in [0.15, 0.2) is 72.0 Å². The highest BCUT2D eigenvalue weighted by molar-refractivity contribution is 5.83. The number of carbonyl (C=O) groups is 1. The maximum Gasteiger partial charge on any atom is 0.275 e. The van der Waals surface area contributed by atoms with Crippen LogP contribution in [0.3, 0.4) is 0 Å². The Kier molecular flexibility index (Phi) is 5.20. The first-order valence-electron chi connectivity index (χ1n) is 9.37. The molecule has 0 saturated heterocycles. The van der Waals surface area contributed by atoms with Crippen LogP contribution in [-0.2, 0) is 24.4 Å². The van der Waals surface area contributed by atoms with Crippen LogP contribution in [0.4, 0.5) is 0 Å². The lowest BCUT2D eigenvalue weighted by atomic mass is 10.1. The highest BCUT2D eigenvalue weighted by atomic mass is 16.2. The van der Waals surface area contributed by atoms with E-state index in [1.54, 1.807) is 18.6 Å². The van der Waals surface area contributed by atoms with E-state index in [9.17, 15) is 9.59 Å². The van der Waals surface area contributed by atoms with E-state index in [1.165, 1.54) is 4.68 Å². The zero-order chi connectivity index (χ0) is 20.2. The van der Waals surface area contributed by atoms with Crippen molar-refractivity contribution in [1.82, 2.24) is 24.6 Å². The van der Waals surface area contributed by atoms with E-state index in [1.807, 2.05) is 60.2 Å². The van der Waals surface area contributed by atoms with Crippen LogP contribution in [-0.4, -0.2) is 25.2 Å². The lowest BCUT2D eigenvalue weighted by molar-refractivity contribution is -0.122. The molecule has 0 aliphatic rings. The number of nitrogens with zero attached hydrogens (tertiary/aromatic N) is 4. The van der Waals surface area contributed by atoms with Crippen molar-refractivity contribution in [2.45, 2.75) is 26.6 Å². The molecule has 1 N–H and O–H groups in total. The Bertz CT molecular complexity index is 1190. The van der Waals surface area contributed by atoms with Crippen LogP contribution in [0.1, 0.15) is 16.8 Å². The van der Waals surface area contributed by atoms with E-state index in [0.29, 0.717) is 11.9 Å². The first kappa shape index (κ1) is 18.6. The number of hydrogen-bond acceptors (Lipinski definition) is 4. The molecule has 0 spiro atoms. The van der Waals surface area contributed by atoms with Crippen LogP contribution in [0.25, 0.3) is 10.8 Å². The summed E-state index contributed by atoms with van der Waals surface area (Å²) in [6.07, 6.45) is 5.44. The summed E-state index contributed by atoms with van der Waals surface area (Å²) in [6, 6.07) is 15.3. The molecule has 1 amide bonds. The molecule has 7 heteroatoms. The topological polar surface area (TPSA) is 81.8 Å².